The molecule has 6 heteroatoms. The van der Waals surface area contributed by atoms with Gasteiger partial charge in [0.2, 0.25) is 5.91 Å². The van der Waals surface area contributed by atoms with Gasteiger partial charge < -0.3 is 10.1 Å². The third-order valence-corrected chi connectivity index (χ3v) is 3.27. The molecule has 0 aliphatic rings. The number of hydrogen-bond acceptors (Lipinski definition) is 4. The van der Waals surface area contributed by atoms with E-state index in [9.17, 15) is 14.9 Å². The quantitative estimate of drug-likeness (QED) is 0.619. The van der Waals surface area contributed by atoms with Crippen molar-refractivity contribution < 1.29 is 14.5 Å². The average molecular weight is 328 g/mol. The first-order valence-electron chi connectivity index (χ1n) is 7.71. The molecule has 1 N–H and O–H groups in total. The molecule has 0 aliphatic heterocycles. The fourth-order valence-electron chi connectivity index (χ4n) is 2.16. The number of hydrogen-bond donors (Lipinski definition) is 1. The molecule has 0 aromatic heterocycles. The molecule has 0 spiro atoms. The molecule has 0 radical (unpaired) electrons. The summed E-state index contributed by atoms with van der Waals surface area (Å²) in [6.07, 6.45) is -0.0737. The van der Waals surface area contributed by atoms with Crippen molar-refractivity contribution in [2.45, 2.75) is 20.3 Å². The topological polar surface area (TPSA) is 81.5 Å². The molecule has 6 nitrogen and oxygen atoms in total. The smallest absolute Gasteiger partial charge is 0.273 e. The lowest BCUT2D eigenvalue weighted by atomic mass is 10.1. The molecule has 0 saturated carbocycles. The van der Waals surface area contributed by atoms with Crippen LogP contribution in [-0.4, -0.2) is 17.4 Å². The minimum Gasteiger partial charge on any atom is -0.491 e. The van der Waals surface area contributed by atoms with Crippen LogP contribution in [0.1, 0.15) is 19.4 Å². The van der Waals surface area contributed by atoms with Crippen molar-refractivity contribution in [3.05, 3.63) is 64.2 Å². The van der Waals surface area contributed by atoms with E-state index in [0.29, 0.717) is 29.5 Å². The number of ether oxygens (including phenoxy) is 1. The maximum absolute atomic E-state index is 12.3. The summed E-state index contributed by atoms with van der Waals surface area (Å²) < 4.78 is 5.69. The van der Waals surface area contributed by atoms with E-state index in [1.54, 1.807) is 36.4 Å². The van der Waals surface area contributed by atoms with Crippen molar-refractivity contribution in [2.75, 3.05) is 11.9 Å². The van der Waals surface area contributed by atoms with Crippen molar-refractivity contribution >= 4 is 17.3 Å². The molecule has 0 bridgehead atoms. The first kappa shape index (κ1) is 17.5. The first-order chi connectivity index (χ1) is 11.5. The third-order valence-electron chi connectivity index (χ3n) is 3.27. The van der Waals surface area contributed by atoms with Gasteiger partial charge in [0.15, 0.2) is 0 Å². The Hall–Kier alpha value is -2.89. The van der Waals surface area contributed by atoms with Gasteiger partial charge in [-0.25, -0.2) is 0 Å². The van der Waals surface area contributed by atoms with E-state index in [4.69, 9.17) is 4.74 Å². The van der Waals surface area contributed by atoms with Gasteiger partial charge in [-0.1, -0.05) is 44.2 Å². The van der Waals surface area contributed by atoms with Crippen molar-refractivity contribution in [1.29, 1.82) is 0 Å². The molecule has 0 unspecified atom stereocenters. The molecule has 1 amide bonds. The highest BCUT2D eigenvalue weighted by Crippen LogP contribution is 2.25. The number of nitrogens with one attached hydrogen (secondary N) is 1. The SMILES string of the molecule is CC(C)COc1ccccc1NC(=O)Cc1ccccc1[N+](=O)[O-]. The van der Waals surface area contributed by atoms with E-state index in [0.717, 1.165) is 0 Å². The monoisotopic (exact) mass is 328 g/mol. The summed E-state index contributed by atoms with van der Waals surface area (Å²) in [5, 5.41) is 13.8. The predicted octanol–water partition coefficient (Wildman–Crippen LogP) is 3.81. The lowest BCUT2D eigenvalue weighted by molar-refractivity contribution is -0.385. The molecule has 2 aromatic rings. The maximum Gasteiger partial charge on any atom is 0.273 e. The Labute approximate surface area is 140 Å². The number of nitro benzene ring substituents is 1. The van der Waals surface area contributed by atoms with Crippen molar-refractivity contribution in [3.8, 4) is 5.75 Å². The standard InChI is InChI=1S/C18H20N2O4/c1-13(2)12-24-17-10-6-4-8-15(17)19-18(21)11-14-7-3-5-9-16(14)20(22)23/h3-10,13H,11-12H2,1-2H3,(H,19,21). The summed E-state index contributed by atoms with van der Waals surface area (Å²) in [4.78, 5) is 22.8. The van der Waals surface area contributed by atoms with E-state index in [2.05, 4.69) is 5.32 Å². The zero-order valence-corrected chi connectivity index (χ0v) is 13.7. The fourth-order valence-corrected chi connectivity index (χ4v) is 2.16. The van der Waals surface area contributed by atoms with Gasteiger partial charge in [0, 0.05) is 11.6 Å². The fraction of sp³-hybridized carbons (Fsp3) is 0.278. The first-order valence-corrected chi connectivity index (χ1v) is 7.71. The second-order valence-corrected chi connectivity index (χ2v) is 5.81. The normalized spacial score (nSPS) is 10.5. The number of amides is 1. The number of rotatable bonds is 7. The van der Waals surface area contributed by atoms with Crippen LogP contribution in [0.15, 0.2) is 48.5 Å². The Morgan fingerprint density at radius 1 is 1.17 bits per heavy atom. The van der Waals surface area contributed by atoms with Crippen LogP contribution >= 0.6 is 0 Å². The van der Waals surface area contributed by atoms with Gasteiger partial charge in [0.25, 0.3) is 5.69 Å². The van der Waals surface area contributed by atoms with Crippen LogP contribution in [0, 0.1) is 16.0 Å². The van der Waals surface area contributed by atoms with Gasteiger partial charge >= 0.3 is 0 Å². The maximum atomic E-state index is 12.3. The number of carbonyl (C=O) groups is 1. The predicted molar refractivity (Wildman–Crippen MR) is 92.2 cm³/mol. The van der Waals surface area contributed by atoms with Crippen molar-refractivity contribution in [3.63, 3.8) is 0 Å². The molecule has 0 heterocycles. The number of nitrogens with zero attached hydrogens (tertiary/aromatic N) is 1. The van der Waals surface area contributed by atoms with Crippen LogP contribution in [0.3, 0.4) is 0 Å². The second kappa shape index (κ2) is 8.10. The summed E-state index contributed by atoms with van der Waals surface area (Å²) in [5.74, 6) is 0.618. The Morgan fingerprint density at radius 2 is 1.83 bits per heavy atom. The van der Waals surface area contributed by atoms with Crippen LogP contribution in [0.25, 0.3) is 0 Å². The molecule has 0 fully saturated rings. The van der Waals surface area contributed by atoms with Crippen molar-refractivity contribution in [1.82, 2.24) is 0 Å². The molecule has 2 aromatic carbocycles. The van der Waals surface area contributed by atoms with Crippen molar-refractivity contribution in [2.24, 2.45) is 5.92 Å². The van der Waals surface area contributed by atoms with Gasteiger partial charge in [0.1, 0.15) is 5.75 Å². The minimum atomic E-state index is -0.484. The highest BCUT2D eigenvalue weighted by atomic mass is 16.6. The van der Waals surface area contributed by atoms with Crippen LogP contribution in [-0.2, 0) is 11.2 Å². The number of benzene rings is 2. The largest absolute Gasteiger partial charge is 0.491 e. The molecular formula is C18H20N2O4. The number of anilines is 1. The second-order valence-electron chi connectivity index (χ2n) is 5.81. The molecule has 24 heavy (non-hydrogen) atoms. The highest BCUT2D eigenvalue weighted by molar-refractivity contribution is 5.94. The Kier molecular flexibility index (Phi) is 5.89. The number of nitro groups is 1. The zero-order chi connectivity index (χ0) is 17.5. The number of para-hydroxylation sites is 3. The summed E-state index contributed by atoms with van der Waals surface area (Å²) >= 11 is 0. The van der Waals surface area contributed by atoms with Gasteiger partial charge in [-0.05, 0) is 18.1 Å². The summed E-state index contributed by atoms with van der Waals surface area (Å²) in [6, 6.07) is 13.4. The molecule has 0 atom stereocenters. The highest BCUT2D eigenvalue weighted by Gasteiger charge is 2.16. The summed E-state index contributed by atoms with van der Waals surface area (Å²) in [5.41, 5.74) is 0.874. The Bertz CT molecular complexity index is 728. The molecule has 2 rings (SSSR count). The van der Waals surface area contributed by atoms with Crippen LogP contribution in [0.2, 0.25) is 0 Å². The third kappa shape index (κ3) is 4.81. The lowest BCUT2D eigenvalue weighted by Crippen LogP contribution is -2.16. The van der Waals surface area contributed by atoms with Crippen LogP contribution in [0.4, 0.5) is 11.4 Å². The van der Waals surface area contributed by atoms with Crippen LogP contribution < -0.4 is 10.1 Å². The Morgan fingerprint density at radius 3 is 2.54 bits per heavy atom. The van der Waals surface area contributed by atoms with Gasteiger partial charge in [-0.3, -0.25) is 14.9 Å². The molecular weight excluding hydrogens is 308 g/mol. The molecule has 0 saturated heterocycles. The van der Waals surface area contributed by atoms with Gasteiger partial charge in [-0.15, -0.1) is 0 Å². The zero-order valence-electron chi connectivity index (χ0n) is 13.7. The molecule has 0 aliphatic carbocycles. The van der Waals surface area contributed by atoms with Gasteiger partial charge in [0.05, 0.1) is 23.6 Å². The minimum absolute atomic E-state index is 0.0583. The van der Waals surface area contributed by atoms with E-state index >= 15 is 0 Å². The summed E-state index contributed by atoms with van der Waals surface area (Å²) in [6.45, 7) is 4.61. The van der Waals surface area contributed by atoms with E-state index < -0.39 is 4.92 Å². The van der Waals surface area contributed by atoms with E-state index in [1.807, 2.05) is 19.9 Å². The number of carbonyl (C=O) groups excluding carboxylic acids is 1. The Balaban J connectivity index is 2.09. The van der Waals surface area contributed by atoms with Crippen LogP contribution in [0.5, 0.6) is 5.75 Å². The summed E-state index contributed by atoms with van der Waals surface area (Å²) in [7, 11) is 0. The van der Waals surface area contributed by atoms with E-state index in [1.165, 1.54) is 6.07 Å². The van der Waals surface area contributed by atoms with Gasteiger partial charge in [-0.2, -0.15) is 0 Å². The molecule has 126 valence electrons. The average Bonchev–Trinajstić information content (AvgIpc) is 2.54. The lowest BCUT2D eigenvalue weighted by Gasteiger charge is -2.13. The van der Waals surface area contributed by atoms with E-state index in [-0.39, 0.29) is 18.0 Å².